The number of fused-ring (bicyclic) bond motifs is 1. The summed E-state index contributed by atoms with van der Waals surface area (Å²) in [4.78, 5) is 37.3. The van der Waals surface area contributed by atoms with Crippen molar-refractivity contribution in [2.45, 2.75) is 32.5 Å². The topological polar surface area (TPSA) is 75.7 Å². The van der Waals surface area contributed by atoms with Crippen LogP contribution in [0.4, 0.5) is 24.5 Å². The molecule has 1 fully saturated rings. The average molecular weight is 370 g/mol. The van der Waals surface area contributed by atoms with Gasteiger partial charge >= 0.3 is 12.1 Å². The van der Waals surface area contributed by atoms with Crippen LogP contribution in [0.5, 0.6) is 0 Å². The molecule has 0 radical (unpaired) electrons. The van der Waals surface area contributed by atoms with E-state index in [1.54, 1.807) is 0 Å². The van der Waals surface area contributed by atoms with E-state index >= 15 is 0 Å². The Morgan fingerprint density at radius 3 is 2.58 bits per heavy atom. The van der Waals surface area contributed by atoms with Crippen molar-refractivity contribution in [3.8, 4) is 0 Å². The molecule has 2 amide bonds. The first-order valence-electron chi connectivity index (χ1n) is 8.11. The fraction of sp³-hybridized carbons (Fsp3) is 0.471. The first kappa shape index (κ1) is 18.2. The fourth-order valence-electron chi connectivity index (χ4n) is 2.85. The lowest BCUT2D eigenvalue weighted by atomic mass is 10.1. The van der Waals surface area contributed by atoms with Crippen LogP contribution in [0, 0.1) is 11.8 Å². The van der Waals surface area contributed by atoms with Crippen LogP contribution < -0.4 is 10.2 Å². The van der Waals surface area contributed by atoms with Crippen molar-refractivity contribution in [3.63, 3.8) is 0 Å². The van der Waals surface area contributed by atoms with Crippen LogP contribution in [-0.2, 0) is 25.3 Å². The maximum Gasteiger partial charge on any atom is 0.416 e. The number of alkyl halides is 3. The predicted octanol–water partition coefficient (Wildman–Crippen LogP) is 2.58. The van der Waals surface area contributed by atoms with Crippen molar-refractivity contribution < 1.29 is 32.3 Å². The number of carbonyl (C=O) groups excluding carboxylic acids is 3. The number of hydrogen-bond acceptors (Lipinski definition) is 4. The third-order valence-electron chi connectivity index (χ3n) is 4.51. The highest BCUT2D eigenvalue weighted by Gasteiger charge is 2.42. The zero-order chi connectivity index (χ0) is 19.2. The second-order valence-corrected chi connectivity index (χ2v) is 6.60. The summed E-state index contributed by atoms with van der Waals surface area (Å²) >= 11 is 0. The van der Waals surface area contributed by atoms with Gasteiger partial charge < -0.3 is 10.1 Å². The van der Waals surface area contributed by atoms with Crippen molar-refractivity contribution in [2.75, 3.05) is 16.8 Å². The summed E-state index contributed by atoms with van der Waals surface area (Å²) in [6.07, 6.45) is -5.01. The third-order valence-corrected chi connectivity index (χ3v) is 4.51. The SMILES string of the molecule is C[C@H](OC(=O)[C@@H]1C[C@@H]1C)C(=O)N1CC(=O)Nc2cc(C(F)(F)F)ccc21. The minimum atomic E-state index is -4.57. The van der Waals surface area contributed by atoms with Gasteiger partial charge in [0.1, 0.15) is 6.54 Å². The van der Waals surface area contributed by atoms with Crippen LogP contribution in [-0.4, -0.2) is 30.4 Å². The zero-order valence-electron chi connectivity index (χ0n) is 14.1. The Labute approximate surface area is 147 Å². The van der Waals surface area contributed by atoms with Crippen molar-refractivity contribution in [1.82, 2.24) is 0 Å². The quantitative estimate of drug-likeness (QED) is 0.830. The number of ether oxygens (including phenoxy) is 1. The van der Waals surface area contributed by atoms with E-state index < -0.39 is 35.6 Å². The predicted molar refractivity (Wildman–Crippen MR) is 85.3 cm³/mol. The van der Waals surface area contributed by atoms with Gasteiger partial charge in [0.05, 0.1) is 22.9 Å². The van der Waals surface area contributed by atoms with Gasteiger partial charge in [-0.2, -0.15) is 13.2 Å². The van der Waals surface area contributed by atoms with Gasteiger partial charge in [-0.3, -0.25) is 19.3 Å². The highest BCUT2D eigenvalue weighted by Crippen LogP contribution is 2.39. The molecule has 0 aromatic heterocycles. The molecule has 26 heavy (non-hydrogen) atoms. The molecule has 1 aliphatic carbocycles. The molecule has 0 unspecified atom stereocenters. The summed E-state index contributed by atoms with van der Waals surface area (Å²) in [5.74, 6) is -1.78. The second kappa shape index (κ2) is 6.30. The number of nitrogens with one attached hydrogen (secondary N) is 1. The normalized spacial score (nSPS) is 23.0. The van der Waals surface area contributed by atoms with Gasteiger partial charge in [-0.15, -0.1) is 0 Å². The van der Waals surface area contributed by atoms with Crippen LogP contribution in [0.15, 0.2) is 18.2 Å². The molecule has 9 heteroatoms. The molecule has 2 aliphatic rings. The van der Waals surface area contributed by atoms with Crippen LogP contribution in [0.3, 0.4) is 0 Å². The Kier molecular flexibility index (Phi) is 4.41. The molecule has 140 valence electrons. The monoisotopic (exact) mass is 370 g/mol. The number of benzene rings is 1. The van der Waals surface area contributed by atoms with Crippen molar-refractivity contribution in [1.29, 1.82) is 0 Å². The molecule has 1 N–H and O–H groups in total. The average Bonchev–Trinajstić information content (AvgIpc) is 3.28. The van der Waals surface area contributed by atoms with E-state index in [2.05, 4.69) is 5.32 Å². The summed E-state index contributed by atoms with van der Waals surface area (Å²) in [6.45, 7) is 2.91. The number of anilines is 2. The molecule has 3 atom stereocenters. The summed E-state index contributed by atoms with van der Waals surface area (Å²) in [6, 6.07) is 2.72. The van der Waals surface area contributed by atoms with Crippen molar-refractivity contribution in [3.05, 3.63) is 23.8 Å². The molecule has 6 nitrogen and oxygen atoms in total. The fourth-order valence-corrected chi connectivity index (χ4v) is 2.85. The van der Waals surface area contributed by atoms with E-state index in [-0.39, 0.29) is 29.8 Å². The molecular weight excluding hydrogens is 353 g/mol. The van der Waals surface area contributed by atoms with E-state index in [4.69, 9.17) is 4.74 Å². The highest BCUT2D eigenvalue weighted by molar-refractivity contribution is 6.11. The van der Waals surface area contributed by atoms with Gasteiger partial charge in [-0.05, 0) is 37.5 Å². The Balaban J connectivity index is 1.81. The maximum absolute atomic E-state index is 12.8. The molecule has 0 spiro atoms. The second-order valence-electron chi connectivity index (χ2n) is 6.60. The van der Waals surface area contributed by atoms with E-state index in [0.29, 0.717) is 6.42 Å². The largest absolute Gasteiger partial charge is 0.452 e. The van der Waals surface area contributed by atoms with Crippen molar-refractivity contribution >= 4 is 29.2 Å². The smallest absolute Gasteiger partial charge is 0.416 e. The Morgan fingerprint density at radius 2 is 2.00 bits per heavy atom. The molecule has 0 bridgehead atoms. The minimum absolute atomic E-state index is 0.112. The lowest BCUT2D eigenvalue weighted by Crippen LogP contribution is -2.47. The van der Waals surface area contributed by atoms with Crippen LogP contribution in [0.25, 0.3) is 0 Å². The van der Waals surface area contributed by atoms with Gasteiger partial charge in [0.25, 0.3) is 5.91 Å². The summed E-state index contributed by atoms with van der Waals surface area (Å²) in [5.41, 5.74) is -0.919. The number of halogens is 3. The van der Waals surface area contributed by atoms with E-state index in [1.807, 2.05) is 6.92 Å². The minimum Gasteiger partial charge on any atom is -0.452 e. The van der Waals surface area contributed by atoms with Crippen LogP contribution in [0.1, 0.15) is 25.8 Å². The van der Waals surface area contributed by atoms with Crippen molar-refractivity contribution in [2.24, 2.45) is 11.8 Å². The van der Waals surface area contributed by atoms with E-state index in [1.165, 1.54) is 6.92 Å². The summed E-state index contributed by atoms with van der Waals surface area (Å²) in [5, 5.41) is 2.33. The molecule has 1 saturated carbocycles. The maximum atomic E-state index is 12.8. The first-order chi connectivity index (χ1) is 12.1. The van der Waals surface area contributed by atoms with Crippen LogP contribution >= 0.6 is 0 Å². The van der Waals surface area contributed by atoms with Gasteiger partial charge in [-0.1, -0.05) is 6.92 Å². The van der Waals surface area contributed by atoms with Gasteiger partial charge in [0, 0.05) is 0 Å². The van der Waals surface area contributed by atoms with Crippen LogP contribution in [0.2, 0.25) is 0 Å². The summed E-state index contributed by atoms with van der Waals surface area (Å²) in [7, 11) is 0. The van der Waals surface area contributed by atoms with E-state index in [9.17, 15) is 27.6 Å². The standard InChI is InChI=1S/C17H17F3N2O4/c1-8-5-11(8)16(25)26-9(2)15(24)22-7-14(23)21-12-6-10(17(18,19)20)3-4-13(12)22/h3-4,6,8-9,11H,5,7H2,1-2H3,(H,21,23)/t8-,9-,11+/m0/s1. The lowest BCUT2D eigenvalue weighted by molar-refractivity contribution is -0.155. The van der Waals surface area contributed by atoms with Gasteiger partial charge in [0.15, 0.2) is 6.10 Å². The molecule has 1 heterocycles. The molecule has 3 rings (SSSR count). The Hall–Kier alpha value is -2.58. The zero-order valence-corrected chi connectivity index (χ0v) is 14.1. The molecule has 0 saturated heterocycles. The number of nitrogens with zero attached hydrogens (tertiary/aromatic N) is 1. The number of carbonyl (C=O) groups is 3. The van der Waals surface area contributed by atoms with Gasteiger partial charge in [0.2, 0.25) is 5.91 Å². The highest BCUT2D eigenvalue weighted by atomic mass is 19.4. The number of amides is 2. The summed E-state index contributed by atoms with van der Waals surface area (Å²) < 4.78 is 43.7. The Morgan fingerprint density at radius 1 is 1.35 bits per heavy atom. The van der Waals surface area contributed by atoms with Gasteiger partial charge in [-0.25, -0.2) is 0 Å². The Bertz CT molecular complexity index is 778. The lowest BCUT2D eigenvalue weighted by Gasteiger charge is -2.31. The molecule has 1 aromatic carbocycles. The number of rotatable bonds is 3. The molecule has 1 aliphatic heterocycles. The van der Waals surface area contributed by atoms with E-state index in [0.717, 1.165) is 23.1 Å². The first-order valence-corrected chi connectivity index (χ1v) is 8.11. The molecular formula is C17H17F3N2O4. The number of esters is 1. The third kappa shape index (κ3) is 3.51. The number of hydrogen-bond donors (Lipinski definition) is 1. The molecule has 1 aromatic rings.